The summed E-state index contributed by atoms with van der Waals surface area (Å²) in [6, 6.07) is 14.6. The molecule has 29 heavy (non-hydrogen) atoms. The Kier molecular flexibility index (Phi) is 6.77. The summed E-state index contributed by atoms with van der Waals surface area (Å²) in [5.74, 6) is -0.855. The van der Waals surface area contributed by atoms with Crippen LogP contribution in [0.15, 0.2) is 64.1 Å². The number of para-hydroxylation sites is 1. The highest BCUT2D eigenvalue weighted by Crippen LogP contribution is 2.17. The first-order valence-electron chi connectivity index (χ1n) is 9.03. The summed E-state index contributed by atoms with van der Waals surface area (Å²) in [5.41, 5.74) is 1.35. The zero-order valence-corrected chi connectivity index (χ0v) is 17.5. The minimum Gasteiger partial charge on any atom is -0.456 e. The highest BCUT2D eigenvalue weighted by atomic mass is 79.9. The Morgan fingerprint density at radius 1 is 1.14 bits per heavy atom. The second kappa shape index (κ2) is 9.47. The molecule has 0 fully saturated rings. The molecule has 150 valence electrons. The maximum Gasteiger partial charge on any atom is 0.308 e. The van der Waals surface area contributed by atoms with Gasteiger partial charge in [-0.2, -0.15) is 0 Å². The van der Waals surface area contributed by atoms with Crippen molar-refractivity contribution in [2.45, 2.75) is 19.5 Å². The van der Waals surface area contributed by atoms with E-state index in [1.165, 1.54) is 15.8 Å². The van der Waals surface area contributed by atoms with Crippen LogP contribution in [0.3, 0.4) is 0 Å². The number of amides is 1. The van der Waals surface area contributed by atoms with Gasteiger partial charge >= 0.3 is 5.97 Å². The number of esters is 1. The van der Waals surface area contributed by atoms with Crippen molar-refractivity contribution in [1.82, 2.24) is 14.5 Å². The summed E-state index contributed by atoms with van der Waals surface area (Å²) in [5, 5.41) is 0.493. The first-order chi connectivity index (χ1) is 14.0. The molecule has 2 aromatic carbocycles. The molecular weight excluding hydrogens is 438 g/mol. The largest absolute Gasteiger partial charge is 0.456 e. The van der Waals surface area contributed by atoms with Crippen molar-refractivity contribution in [3.05, 3.63) is 75.2 Å². The van der Waals surface area contributed by atoms with E-state index in [1.54, 1.807) is 31.3 Å². The average Bonchev–Trinajstić information content (AvgIpc) is 2.73. The molecule has 0 N–H and O–H groups in total. The number of carbonyl (C=O) groups is 2. The molecule has 0 bridgehead atoms. The van der Waals surface area contributed by atoms with Crippen LogP contribution < -0.4 is 5.56 Å². The molecule has 1 amide bonds. The first-order valence-corrected chi connectivity index (χ1v) is 9.82. The van der Waals surface area contributed by atoms with Gasteiger partial charge in [0.25, 0.3) is 11.5 Å². The van der Waals surface area contributed by atoms with Gasteiger partial charge in [0, 0.05) is 24.6 Å². The number of nitrogens with zero attached hydrogens (tertiary/aromatic N) is 3. The number of aryl methyl sites for hydroxylation is 1. The Morgan fingerprint density at radius 3 is 2.66 bits per heavy atom. The van der Waals surface area contributed by atoms with Gasteiger partial charge in [-0.05, 0) is 23.8 Å². The van der Waals surface area contributed by atoms with E-state index in [4.69, 9.17) is 4.74 Å². The fourth-order valence-electron chi connectivity index (χ4n) is 2.77. The third-order valence-electron chi connectivity index (χ3n) is 4.44. The lowest BCUT2D eigenvalue weighted by Gasteiger charge is -2.18. The van der Waals surface area contributed by atoms with E-state index in [0.717, 1.165) is 10.0 Å². The maximum atomic E-state index is 12.4. The highest BCUT2D eigenvalue weighted by Gasteiger charge is 2.14. The maximum absolute atomic E-state index is 12.4. The van der Waals surface area contributed by atoms with Crippen LogP contribution in [0.25, 0.3) is 10.9 Å². The normalized spacial score (nSPS) is 10.7. The smallest absolute Gasteiger partial charge is 0.308 e. The molecule has 3 rings (SSSR count). The number of halogens is 1. The van der Waals surface area contributed by atoms with Crippen LogP contribution in [0, 0.1) is 0 Å². The molecule has 1 aromatic heterocycles. The lowest BCUT2D eigenvalue weighted by molar-refractivity contribution is -0.151. The van der Waals surface area contributed by atoms with E-state index in [-0.39, 0.29) is 31.0 Å². The van der Waals surface area contributed by atoms with Gasteiger partial charge in [0.1, 0.15) is 0 Å². The molecular formula is C21H20BrN3O4. The van der Waals surface area contributed by atoms with Crippen LogP contribution in [-0.2, 0) is 27.4 Å². The van der Waals surface area contributed by atoms with Crippen molar-refractivity contribution in [3.8, 4) is 0 Å². The fraction of sp³-hybridized carbons (Fsp3) is 0.238. The van der Waals surface area contributed by atoms with Crippen LogP contribution in [0.2, 0.25) is 0 Å². The molecule has 0 unspecified atom stereocenters. The Labute approximate surface area is 176 Å². The van der Waals surface area contributed by atoms with Gasteiger partial charge < -0.3 is 9.64 Å². The number of carbonyl (C=O) groups excluding carboxylic acids is 2. The number of likely N-dealkylation sites (N-methyl/N-ethyl adjacent to an activating group) is 1. The van der Waals surface area contributed by atoms with Crippen LogP contribution in [0.4, 0.5) is 0 Å². The highest BCUT2D eigenvalue weighted by molar-refractivity contribution is 9.10. The van der Waals surface area contributed by atoms with E-state index >= 15 is 0 Å². The molecule has 0 spiro atoms. The number of aromatic nitrogens is 2. The van der Waals surface area contributed by atoms with Crippen molar-refractivity contribution < 1.29 is 14.3 Å². The molecule has 0 aliphatic heterocycles. The Balaban J connectivity index is 1.50. The summed E-state index contributed by atoms with van der Waals surface area (Å²) in [4.78, 5) is 42.3. The SMILES string of the molecule is CN(Cc1ccccc1Br)C(=O)COC(=O)CCn1cnc2ccccc2c1=O. The second-order valence-electron chi connectivity index (χ2n) is 6.51. The zero-order chi connectivity index (χ0) is 20.8. The van der Waals surface area contributed by atoms with Gasteiger partial charge in [-0.25, -0.2) is 4.98 Å². The second-order valence-corrected chi connectivity index (χ2v) is 7.37. The number of hydrogen-bond acceptors (Lipinski definition) is 5. The van der Waals surface area contributed by atoms with Gasteiger partial charge in [0.15, 0.2) is 6.61 Å². The van der Waals surface area contributed by atoms with Crippen molar-refractivity contribution in [3.63, 3.8) is 0 Å². The van der Waals surface area contributed by atoms with Crippen molar-refractivity contribution in [2.75, 3.05) is 13.7 Å². The Bertz CT molecular complexity index is 1100. The van der Waals surface area contributed by atoms with Crippen LogP contribution in [-0.4, -0.2) is 40.0 Å². The van der Waals surface area contributed by atoms with E-state index in [9.17, 15) is 14.4 Å². The predicted molar refractivity (Wildman–Crippen MR) is 112 cm³/mol. The summed E-state index contributed by atoms with van der Waals surface area (Å²) in [6.45, 7) is 0.192. The topological polar surface area (TPSA) is 81.5 Å². The fourth-order valence-corrected chi connectivity index (χ4v) is 3.18. The van der Waals surface area contributed by atoms with Crippen molar-refractivity contribution in [1.29, 1.82) is 0 Å². The third kappa shape index (κ3) is 5.29. The van der Waals surface area contributed by atoms with Crippen molar-refractivity contribution in [2.24, 2.45) is 0 Å². The van der Waals surface area contributed by atoms with Crippen LogP contribution in [0.5, 0.6) is 0 Å². The Hall–Kier alpha value is -3.00. The van der Waals surface area contributed by atoms with E-state index in [2.05, 4.69) is 20.9 Å². The number of hydrogen-bond donors (Lipinski definition) is 0. The van der Waals surface area contributed by atoms with Gasteiger partial charge in [-0.3, -0.25) is 19.0 Å². The minimum absolute atomic E-state index is 0.0266. The third-order valence-corrected chi connectivity index (χ3v) is 5.21. The number of fused-ring (bicyclic) bond motifs is 1. The molecule has 3 aromatic rings. The van der Waals surface area contributed by atoms with Gasteiger partial charge in [0.05, 0.1) is 23.7 Å². The lowest BCUT2D eigenvalue weighted by atomic mass is 10.2. The van der Waals surface area contributed by atoms with E-state index in [1.807, 2.05) is 24.3 Å². The monoisotopic (exact) mass is 457 g/mol. The number of ether oxygens (including phenoxy) is 1. The molecule has 0 radical (unpaired) electrons. The summed E-state index contributed by atoms with van der Waals surface area (Å²) in [7, 11) is 1.65. The van der Waals surface area contributed by atoms with E-state index < -0.39 is 5.97 Å². The van der Waals surface area contributed by atoms with Gasteiger partial charge in [0.2, 0.25) is 0 Å². The number of benzene rings is 2. The van der Waals surface area contributed by atoms with E-state index in [0.29, 0.717) is 17.4 Å². The van der Waals surface area contributed by atoms with Crippen molar-refractivity contribution >= 4 is 38.7 Å². The molecule has 0 saturated carbocycles. The lowest BCUT2D eigenvalue weighted by Crippen LogP contribution is -2.31. The number of rotatable bonds is 7. The van der Waals surface area contributed by atoms with Crippen LogP contribution >= 0.6 is 15.9 Å². The van der Waals surface area contributed by atoms with Crippen LogP contribution in [0.1, 0.15) is 12.0 Å². The minimum atomic E-state index is -0.548. The zero-order valence-electron chi connectivity index (χ0n) is 15.9. The molecule has 0 aliphatic carbocycles. The first kappa shape index (κ1) is 20.7. The molecule has 0 saturated heterocycles. The molecule has 8 heteroatoms. The molecule has 0 atom stereocenters. The quantitative estimate of drug-likeness (QED) is 0.509. The summed E-state index contributed by atoms with van der Waals surface area (Å²) >= 11 is 3.44. The molecule has 1 heterocycles. The molecule has 0 aliphatic rings. The Morgan fingerprint density at radius 2 is 1.86 bits per heavy atom. The standard InChI is InChI=1S/C21H20BrN3O4/c1-24(12-15-6-2-4-8-17(15)22)19(26)13-29-20(27)10-11-25-14-23-18-9-5-3-7-16(18)21(25)28/h2-9,14H,10-13H2,1H3. The van der Waals surface area contributed by atoms with Gasteiger partial charge in [-0.15, -0.1) is 0 Å². The average molecular weight is 458 g/mol. The predicted octanol–water partition coefficient (Wildman–Crippen LogP) is 2.75. The van der Waals surface area contributed by atoms with Gasteiger partial charge in [-0.1, -0.05) is 46.3 Å². The summed E-state index contributed by atoms with van der Waals surface area (Å²) < 4.78 is 7.34. The summed E-state index contributed by atoms with van der Waals surface area (Å²) in [6.07, 6.45) is 1.38. The molecule has 7 nitrogen and oxygen atoms in total.